The van der Waals surface area contributed by atoms with Gasteiger partial charge in [-0.2, -0.15) is 4.31 Å². The summed E-state index contributed by atoms with van der Waals surface area (Å²) in [5.41, 5.74) is 0.336. The van der Waals surface area contributed by atoms with E-state index in [1.54, 1.807) is 13.8 Å². The van der Waals surface area contributed by atoms with E-state index in [-0.39, 0.29) is 34.3 Å². The summed E-state index contributed by atoms with van der Waals surface area (Å²) < 4.78 is 31.5. The highest BCUT2D eigenvalue weighted by atomic mass is 35.5. The zero-order valence-electron chi connectivity index (χ0n) is 12.4. The molecule has 0 N–H and O–H groups in total. The zero-order valence-corrected chi connectivity index (χ0v) is 14.8. The molecule has 0 atom stereocenters. The van der Waals surface area contributed by atoms with Gasteiger partial charge < -0.3 is 4.74 Å². The normalized spacial score (nSPS) is 12.1. The van der Waals surface area contributed by atoms with Crippen LogP contribution < -0.4 is 0 Å². The lowest BCUT2D eigenvalue weighted by Gasteiger charge is -2.22. The minimum Gasteiger partial charge on any atom is -0.465 e. The van der Waals surface area contributed by atoms with E-state index in [4.69, 9.17) is 16.3 Å². The van der Waals surface area contributed by atoms with Gasteiger partial charge in [-0.25, -0.2) is 13.4 Å². The molecule has 0 radical (unpaired) electrons. The molecule has 0 aliphatic carbocycles. The molecule has 0 aliphatic heterocycles. The van der Waals surface area contributed by atoms with E-state index in [0.29, 0.717) is 5.69 Å². The van der Waals surface area contributed by atoms with Crippen LogP contribution in [-0.4, -0.2) is 43.4 Å². The van der Waals surface area contributed by atoms with Crippen molar-refractivity contribution in [3.8, 4) is 0 Å². The number of hydrogen-bond donors (Lipinski definition) is 0. The van der Waals surface area contributed by atoms with Crippen LogP contribution in [0.3, 0.4) is 0 Å². The molecule has 0 unspecified atom stereocenters. The summed E-state index contributed by atoms with van der Waals surface area (Å²) in [6.07, 6.45) is 0. The fraction of sp³-hybridized carbons (Fsp3) is 0.667. The highest BCUT2D eigenvalue weighted by Crippen LogP contribution is 2.29. The van der Waals surface area contributed by atoms with Gasteiger partial charge >= 0.3 is 5.97 Å². The van der Waals surface area contributed by atoms with Gasteiger partial charge in [-0.15, -0.1) is 0 Å². The maximum atomic E-state index is 12.7. The molecular formula is C12H19ClN2O4S2. The predicted molar refractivity (Wildman–Crippen MR) is 82.1 cm³/mol. The summed E-state index contributed by atoms with van der Waals surface area (Å²) in [6, 6.07) is 0. The lowest BCUT2D eigenvalue weighted by atomic mass is 10.2. The van der Waals surface area contributed by atoms with Gasteiger partial charge in [-0.1, -0.05) is 36.8 Å². The van der Waals surface area contributed by atoms with Gasteiger partial charge in [0.25, 0.3) is 10.0 Å². The van der Waals surface area contributed by atoms with Crippen molar-refractivity contribution in [3.63, 3.8) is 0 Å². The van der Waals surface area contributed by atoms with E-state index in [1.165, 1.54) is 0 Å². The number of hydrogen-bond acceptors (Lipinski definition) is 6. The van der Waals surface area contributed by atoms with Crippen molar-refractivity contribution < 1.29 is 17.9 Å². The van der Waals surface area contributed by atoms with Crippen LogP contribution in [-0.2, 0) is 19.6 Å². The third-order valence-corrected chi connectivity index (χ3v) is 6.14. The monoisotopic (exact) mass is 354 g/mol. The Kier molecular flexibility index (Phi) is 6.58. The molecule has 6 nitrogen and oxygen atoms in total. The molecule has 1 rings (SSSR count). The van der Waals surface area contributed by atoms with Gasteiger partial charge in [0.05, 0.1) is 12.3 Å². The summed E-state index contributed by atoms with van der Waals surface area (Å²) >= 11 is 6.66. The topological polar surface area (TPSA) is 76.6 Å². The number of aryl methyl sites for hydroxylation is 1. The molecule has 120 valence electrons. The maximum Gasteiger partial charge on any atom is 0.321 e. The summed E-state index contributed by atoms with van der Waals surface area (Å²) in [7, 11) is -3.82. The lowest BCUT2D eigenvalue weighted by molar-refractivity contribution is -0.143. The lowest BCUT2D eigenvalue weighted by Crippen LogP contribution is -2.38. The van der Waals surface area contributed by atoms with E-state index in [1.807, 2.05) is 13.8 Å². The standard InChI is InChI=1S/C12H19ClN2O4S2/c1-5-19-10(16)7-15(6-8(2)3)21(17,18)11-9(4)14-12(13)20-11/h8H,5-7H2,1-4H3. The Balaban J connectivity index is 3.11. The van der Waals surface area contributed by atoms with Crippen molar-refractivity contribution in [3.05, 3.63) is 10.2 Å². The first kappa shape index (κ1) is 18.3. The smallest absolute Gasteiger partial charge is 0.321 e. The van der Waals surface area contributed by atoms with Crippen LogP contribution in [0.4, 0.5) is 0 Å². The second-order valence-corrected chi connectivity index (χ2v) is 8.55. The second kappa shape index (κ2) is 7.53. The average molecular weight is 355 g/mol. The molecule has 0 fully saturated rings. The molecular weight excluding hydrogens is 336 g/mol. The minimum atomic E-state index is -3.82. The number of rotatable bonds is 7. The van der Waals surface area contributed by atoms with Crippen LogP contribution in [0.2, 0.25) is 4.47 Å². The fourth-order valence-corrected chi connectivity index (χ4v) is 5.13. The highest BCUT2D eigenvalue weighted by molar-refractivity contribution is 7.91. The largest absolute Gasteiger partial charge is 0.465 e. The Bertz CT molecular complexity index is 598. The molecule has 0 saturated heterocycles. The van der Waals surface area contributed by atoms with Crippen molar-refractivity contribution in [2.24, 2.45) is 5.92 Å². The number of ether oxygens (including phenoxy) is 1. The van der Waals surface area contributed by atoms with E-state index in [2.05, 4.69) is 4.98 Å². The third kappa shape index (κ3) is 4.91. The van der Waals surface area contributed by atoms with E-state index >= 15 is 0 Å². The summed E-state index contributed by atoms with van der Waals surface area (Å²) in [5.74, 6) is -0.507. The molecule has 1 aromatic heterocycles. The van der Waals surface area contributed by atoms with Gasteiger partial charge in [0, 0.05) is 6.54 Å². The molecule has 0 amide bonds. The molecule has 0 spiro atoms. The van der Waals surface area contributed by atoms with Gasteiger partial charge in [-0.05, 0) is 19.8 Å². The third-order valence-electron chi connectivity index (χ3n) is 2.48. The first-order valence-electron chi connectivity index (χ1n) is 6.47. The van der Waals surface area contributed by atoms with Crippen LogP contribution in [0.25, 0.3) is 0 Å². The van der Waals surface area contributed by atoms with Gasteiger partial charge in [0.2, 0.25) is 0 Å². The molecule has 0 saturated carbocycles. The molecule has 21 heavy (non-hydrogen) atoms. The zero-order chi connectivity index (χ0) is 16.2. The summed E-state index contributed by atoms with van der Waals surface area (Å²) in [4.78, 5) is 15.6. The van der Waals surface area contributed by atoms with Crippen molar-refractivity contribution in [1.29, 1.82) is 0 Å². The van der Waals surface area contributed by atoms with Crippen molar-refractivity contribution >= 4 is 38.9 Å². The fourth-order valence-electron chi connectivity index (χ4n) is 1.71. The van der Waals surface area contributed by atoms with Crippen molar-refractivity contribution in [2.45, 2.75) is 31.9 Å². The molecule has 0 bridgehead atoms. The molecule has 0 aromatic carbocycles. The number of esters is 1. The predicted octanol–water partition coefficient (Wildman–Crippen LogP) is 2.31. The average Bonchev–Trinajstić information content (AvgIpc) is 2.68. The van der Waals surface area contributed by atoms with E-state index < -0.39 is 16.0 Å². The molecule has 1 heterocycles. The molecule has 1 aromatic rings. The van der Waals surface area contributed by atoms with Crippen molar-refractivity contribution in [1.82, 2.24) is 9.29 Å². The van der Waals surface area contributed by atoms with Crippen LogP contribution in [0.5, 0.6) is 0 Å². The van der Waals surface area contributed by atoms with Crippen LogP contribution in [0.1, 0.15) is 26.5 Å². The quantitative estimate of drug-likeness (QED) is 0.702. The molecule has 9 heteroatoms. The van der Waals surface area contributed by atoms with E-state index in [0.717, 1.165) is 15.6 Å². The number of nitrogens with zero attached hydrogens (tertiary/aromatic N) is 2. The van der Waals surface area contributed by atoms with Gasteiger partial charge in [0.1, 0.15) is 6.54 Å². The SMILES string of the molecule is CCOC(=O)CN(CC(C)C)S(=O)(=O)c1sc(Cl)nc1C. The van der Waals surface area contributed by atoms with Crippen LogP contribution in [0.15, 0.2) is 4.21 Å². The van der Waals surface area contributed by atoms with Gasteiger partial charge in [0.15, 0.2) is 8.68 Å². The number of thiazole rings is 1. The highest BCUT2D eigenvalue weighted by Gasteiger charge is 2.31. The van der Waals surface area contributed by atoms with E-state index in [9.17, 15) is 13.2 Å². The summed E-state index contributed by atoms with van der Waals surface area (Å²) in [6.45, 7) is 7.11. The first-order valence-corrected chi connectivity index (χ1v) is 9.10. The summed E-state index contributed by atoms with van der Waals surface area (Å²) in [5, 5.41) is 0. The maximum absolute atomic E-state index is 12.7. The Morgan fingerprint density at radius 1 is 1.48 bits per heavy atom. The Hall–Kier alpha value is -0.700. The Labute approximate surface area is 134 Å². The van der Waals surface area contributed by atoms with Crippen molar-refractivity contribution in [2.75, 3.05) is 19.7 Å². The van der Waals surface area contributed by atoms with Crippen LogP contribution >= 0.6 is 22.9 Å². The number of carbonyl (C=O) groups excluding carboxylic acids is 1. The van der Waals surface area contributed by atoms with Crippen LogP contribution in [0, 0.1) is 12.8 Å². The number of sulfonamides is 1. The molecule has 0 aliphatic rings. The number of aromatic nitrogens is 1. The minimum absolute atomic E-state index is 0.0671. The van der Waals surface area contributed by atoms with Gasteiger partial charge in [-0.3, -0.25) is 4.79 Å². The first-order chi connectivity index (χ1) is 9.68. The number of carbonyl (C=O) groups is 1. The second-order valence-electron chi connectivity index (χ2n) is 4.84. The Morgan fingerprint density at radius 3 is 2.52 bits per heavy atom. The number of halogens is 1. The Morgan fingerprint density at radius 2 is 2.10 bits per heavy atom.